The van der Waals surface area contributed by atoms with E-state index in [0.717, 1.165) is 23.1 Å². The quantitative estimate of drug-likeness (QED) is 0.473. The van der Waals surface area contributed by atoms with Crippen LogP contribution in [0.3, 0.4) is 0 Å². The summed E-state index contributed by atoms with van der Waals surface area (Å²) in [5.41, 5.74) is 10.1. The Kier molecular flexibility index (Phi) is 2.30. The van der Waals surface area contributed by atoms with Crippen molar-refractivity contribution in [2.45, 2.75) is 12.8 Å². The molecular weight excluding hydrogens is 228 g/mol. The minimum atomic E-state index is -0.373. The first-order valence-electron chi connectivity index (χ1n) is 5.82. The van der Waals surface area contributed by atoms with Crippen LogP contribution in [0, 0.1) is 10.1 Å². The van der Waals surface area contributed by atoms with Crippen LogP contribution in [-0.2, 0) is 12.8 Å². The normalized spacial score (nSPS) is 12.7. The van der Waals surface area contributed by atoms with E-state index in [2.05, 4.69) is 6.07 Å². The summed E-state index contributed by atoms with van der Waals surface area (Å²) in [6, 6.07) is 11.5. The van der Waals surface area contributed by atoms with Gasteiger partial charge in [0.05, 0.1) is 4.92 Å². The molecule has 0 radical (unpaired) electrons. The summed E-state index contributed by atoms with van der Waals surface area (Å²) < 4.78 is 0. The van der Waals surface area contributed by atoms with Crippen molar-refractivity contribution in [3.05, 3.63) is 57.6 Å². The Hall–Kier alpha value is -2.36. The van der Waals surface area contributed by atoms with E-state index in [1.165, 1.54) is 5.56 Å². The Balaban J connectivity index is 2.31. The Labute approximate surface area is 104 Å². The standard InChI is InChI=1S/C14H12N2O2/c15-13-8-7-11-10-4-2-1-3-9(10)5-6-12(11)14(13)16(17)18/h1-4,7-8H,5-6,15H2. The zero-order valence-electron chi connectivity index (χ0n) is 9.72. The van der Waals surface area contributed by atoms with Crippen molar-refractivity contribution < 1.29 is 4.92 Å². The molecule has 1 aliphatic carbocycles. The van der Waals surface area contributed by atoms with Crippen LogP contribution in [0.1, 0.15) is 11.1 Å². The highest BCUT2D eigenvalue weighted by Crippen LogP contribution is 2.40. The van der Waals surface area contributed by atoms with Gasteiger partial charge in [0.2, 0.25) is 0 Å². The molecule has 0 heterocycles. The van der Waals surface area contributed by atoms with Crippen LogP contribution in [0.25, 0.3) is 11.1 Å². The maximum absolute atomic E-state index is 11.1. The number of rotatable bonds is 1. The second kappa shape index (κ2) is 3.84. The van der Waals surface area contributed by atoms with Crippen LogP contribution < -0.4 is 5.73 Å². The first-order valence-corrected chi connectivity index (χ1v) is 5.82. The summed E-state index contributed by atoms with van der Waals surface area (Å²) in [4.78, 5) is 10.8. The molecule has 0 saturated heterocycles. The fraction of sp³-hybridized carbons (Fsp3) is 0.143. The maximum Gasteiger partial charge on any atom is 0.295 e. The third kappa shape index (κ3) is 1.46. The number of aryl methyl sites for hydroxylation is 1. The monoisotopic (exact) mass is 240 g/mol. The predicted octanol–water partition coefficient (Wildman–Crippen LogP) is 2.94. The zero-order chi connectivity index (χ0) is 12.7. The van der Waals surface area contributed by atoms with E-state index in [4.69, 9.17) is 5.73 Å². The average molecular weight is 240 g/mol. The van der Waals surface area contributed by atoms with Crippen molar-refractivity contribution in [2.75, 3.05) is 5.73 Å². The summed E-state index contributed by atoms with van der Waals surface area (Å²) in [6.45, 7) is 0. The van der Waals surface area contributed by atoms with E-state index in [1.54, 1.807) is 6.07 Å². The van der Waals surface area contributed by atoms with Crippen molar-refractivity contribution in [3.8, 4) is 11.1 Å². The van der Waals surface area contributed by atoms with Gasteiger partial charge in [-0.2, -0.15) is 0 Å². The molecule has 1 aliphatic rings. The van der Waals surface area contributed by atoms with E-state index >= 15 is 0 Å². The van der Waals surface area contributed by atoms with Gasteiger partial charge in [-0.05, 0) is 35.6 Å². The Bertz CT molecular complexity index is 650. The predicted molar refractivity (Wildman–Crippen MR) is 70.4 cm³/mol. The average Bonchev–Trinajstić information content (AvgIpc) is 2.37. The highest BCUT2D eigenvalue weighted by Gasteiger charge is 2.25. The lowest BCUT2D eigenvalue weighted by Gasteiger charge is -2.20. The smallest absolute Gasteiger partial charge is 0.295 e. The molecular formula is C14H12N2O2. The summed E-state index contributed by atoms with van der Waals surface area (Å²) >= 11 is 0. The number of nitro groups is 1. The second-order valence-corrected chi connectivity index (χ2v) is 4.44. The van der Waals surface area contributed by atoms with E-state index < -0.39 is 0 Å². The summed E-state index contributed by atoms with van der Waals surface area (Å²) in [7, 11) is 0. The molecule has 0 fully saturated rings. The molecule has 0 atom stereocenters. The topological polar surface area (TPSA) is 69.2 Å². The lowest BCUT2D eigenvalue weighted by molar-refractivity contribution is -0.384. The van der Waals surface area contributed by atoms with Crippen molar-refractivity contribution >= 4 is 11.4 Å². The molecule has 0 aliphatic heterocycles. The lowest BCUT2D eigenvalue weighted by atomic mass is 9.84. The summed E-state index contributed by atoms with van der Waals surface area (Å²) in [6.07, 6.45) is 1.50. The third-order valence-corrected chi connectivity index (χ3v) is 3.45. The molecule has 0 amide bonds. The van der Waals surface area contributed by atoms with Gasteiger partial charge in [0, 0.05) is 5.56 Å². The number of nitrogens with zero attached hydrogens (tertiary/aromatic N) is 1. The Morgan fingerprint density at radius 3 is 2.61 bits per heavy atom. The first-order chi connectivity index (χ1) is 8.68. The SMILES string of the molecule is Nc1ccc2c(c1[N+](=O)[O-])CCc1ccccc1-2. The van der Waals surface area contributed by atoms with Gasteiger partial charge in [0.15, 0.2) is 0 Å². The van der Waals surface area contributed by atoms with Crippen LogP contribution in [0.5, 0.6) is 0 Å². The van der Waals surface area contributed by atoms with E-state index in [9.17, 15) is 10.1 Å². The van der Waals surface area contributed by atoms with Crippen molar-refractivity contribution in [3.63, 3.8) is 0 Å². The lowest BCUT2D eigenvalue weighted by Crippen LogP contribution is -2.08. The van der Waals surface area contributed by atoms with Gasteiger partial charge in [-0.25, -0.2) is 0 Å². The van der Waals surface area contributed by atoms with Crippen molar-refractivity contribution in [2.24, 2.45) is 0 Å². The van der Waals surface area contributed by atoms with Crippen molar-refractivity contribution in [1.29, 1.82) is 0 Å². The highest BCUT2D eigenvalue weighted by atomic mass is 16.6. The van der Waals surface area contributed by atoms with E-state index in [-0.39, 0.29) is 16.3 Å². The molecule has 2 aromatic carbocycles. The number of nitrogen functional groups attached to an aromatic ring is 1. The number of hydrogen-bond acceptors (Lipinski definition) is 3. The Morgan fingerprint density at radius 2 is 1.83 bits per heavy atom. The third-order valence-electron chi connectivity index (χ3n) is 3.45. The Morgan fingerprint density at radius 1 is 1.06 bits per heavy atom. The van der Waals surface area contributed by atoms with Gasteiger partial charge >= 0.3 is 0 Å². The number of fused-ring (bicyclic) bond motifs is 3. The molecule has 0 unspecified atom stereocenters. The molecule has 90 valence electrons. The van der Waals surface area contributed by atoms with Gasteiger partial charge in [-0.3, -0.25) is 10.1 Å². The van der Waals surface area contributed by atoms with Gasteiger partial charge in [-0.15, -0.1) is 0 Å². The number of nitro benzene ring substituents is 1. The number of anilines is 1. The molecule has 2 aromatic rings. The largest absolute Gasteiger partial charge is 0.393 e. The van der Waals surface area contributed by atoms with Gasteiger partial charge in [0.25, 0.3) is 5.69 Å². The van der Waals surface area contributed by atoms with Gasteiger partial charge < -0.3 is 5.73 Å². The number of nitrogens with two attached hydrogens (primary N) is 1. The molecule has 4 nitrogen and oxygen atoms in total. The molecule has 0 aromatic heterocycles. The number of benzene rings is 2. The molecule has 0 saturated carbocycles. The summed E-state index contributed by atoms with van der Waals surface area (Å²) in [5.74, 6) is 0. The molecule has 4 heteroatoms. The van der Waals surface area contributed by atoms with Crippen LogP contribution in [0.2, 0.25) is 0 Å². The van der Waals surface area contributed by atoms with Crippen LogP contribution in [-0.4, -0.2) is 4.92 Å². The van der Waals surface area contributed by atoms with Crippen LogP contribution >= 0.6 is 0 Å². The molecule has 0 bridgehead atoms. The molecule has 0 spiro atoms. The minimum absolute atomic E-state index is 0.0713. The van der Waals surface area contributed by atoms with E-state index in [0.29, 0.717) is 6.42 Å². The zero-order valence-corrected chi connectivity index (χ0v) is 9.72. The molecule has 3 rings (SSSR count). The fourth-order valence-corrected chi connectivity index (χ4v) is 2.64. The van der Waals surface area contributed by atoms with Crippen LogP contribution in [0.4, 0.5) is 11.4 Å². The van der Waals surface area contributed by atoms with E-state index in [1.807, 2.05) is 24.3 Å². The molecule has 18 heavy (non-hydrogen) atoms. The van der Waals surface area contributed by atoms with Gasteiger partial charge in [-0.1, -0.05) is 30.3 Å². The summed E-state index contributed by atoms with van der Waals surface area (Å²) in [5, 5.41) is 11.1. The van der Waals surface area contributed by atoms with Gasteiger partial charge in [0.1, 0.15) is 5.69 Å². The van der Waals surface area contributed by atoms with Crippen molar-refractivity contribution in [1.82, 2.24) is 0 Å². The van der Waals surface area contributed by atoms with Crippen LogP contribution in [0.15, 0.2) is 36.4 Å². The number of hydrogen-bond donors (Lipinski definition) is 1. The fourth-order valence-electron chi connectivity index (χ4n) is 2.64. The molecule has 2 N–H and O–H groups in total. The minimum Gasteiger partial charge on any atom is -0.393 e. The first kappa shape index (κ1) is 10.8. The maximum atomic E-state index is 11.1. The highest BCUT2D eigenvalue weighted by molar-refractivity contribution is 5.81. The second-order valence-electron chi connectivity index (χ2n) is 4.44.